The number of nitrogens with one attached hydrogen (secondary N) is 2. The van der Waals surface area contributed by atoms with Gasteiger partial charge in [-0.2, -0.15) is 0 Å². The third-order valence-corrected chi connectivity index (χ3v) is 7.39. The van der Waals surface area contributed by atoms with Gasteiger partial charge in [-0.05, 0) is 37.3 Å². The second kappa shape index (κ2) is 13.3. The minimum absolute atomic E-state index is 0.0137. The molecule has 0 radical (unpaired) electrons. The van der Waals surface area contributed by atoms with Crippen molar-refractivity contribution in [3.8, 4) is 23.0 Å². The van der Waals surface area contributed by atoms with Crippen LogP contribution in [0.1, 0.15) is 17.3 Å². The Balaban J connectivity index is 1.85. The summed E-state index contributed by atoms with van der Waals surface area (Å²) >= 11 is 6.15. The second-order valence-corrected chi connectivity index (χ2v) is 10.4. The van der Waals surface area contributed by atoms with Gasteiger partial charge in [0.25, 0.3) is 21.6 Å². The van der Waals surface area contributed by atoms with E-state index in [0.717, 1.165) is 12.1 Å². The molecule has 0 unspecified atom stereocenters. The molecule has 2 N–H and O–H groups in total. The zero-order valence-corrected chi connectivity index (χ0v) is 24.5. The predicted molar refractivity (Wildman–Crippen MR) is 152 cm³/mol. The van der Waals surface area contributed by atoms with E-state index < -0.39 is 37.8 Å². The van der Waals surface area contributed by atoms with Crippen molar-refractivity contribution >= 4 is 50.6 Å². The molecule has 0 spiro atoms. The predicted octanol–water partition coefficient (Wildman–Crippen LogP) is 4.27. The topological polar surface area (TPSA) is 182 Å². The molecule has 1 amide bonds. The fraction of sp³-hybridized carbons (Fsp3) is 0.231. The van der Waals surface area contributed by atoms with E-state index in [4.69, 9.17) is 35.3 Å². The van der Waals surface area contributed by atoms with Crippen LogP contribution in [0.5, 0.6) is 23.0 Å². The van der Waals surface area contributed by atoms with Crippen LogP contribution < -0.4 is 29.0 Å². The summed E-state index contributed by atoms with van der Waals surface area (Å²) in [5, 5.41) is 13.6. The molecule has 42 heavy (non-hydrogen) atoms. The van der Waals surface area contributed by atoms with Crippen LogP contribution in [0, 0.1) is 10.1 Å². The van der Waals surface area contributed by atoms with E-state index in [0.29, 0.717) is 0 Å². The lowest BCUT2D eigenvalue weighted by Crippen LogP contribution is -2.30. The quantitative estimate of drug-likeness (QED) is 0.167. The zero-order valence-electron chi connectivity index (χ0n) is 22.9. The Morgan fingerprint density at radius 3 is 2.07 bits per heavy atom. The zero-order chi connectivity index (χ0) is 31.2. The van der Waals surface area contributed by atoms with Gasteiger partial charge in [0.15, 0.2) is 6.10 Å². The molecule has 16 heteroatoms. The minimum Gasteiger partial charge on any atom is -0.495 e. The van der Waals surface area contributed by atoms with Crippen molar-refractivity contribution in [1.29, 1.82) is 0 Å². The highest BCUT2D eigenvalue weighted by molar-refractivity contribution is 7.92. The van der Waals surface area contributed by atoms with Crippen LogP contribution in [0.15, 0.2) is 53.4 Å². The number of carbonyl (C=O) groups is 2. The first-order valence-electron chi connectivity index (χ1n) is 11.8. The van der Waals surface area contributed by atoms with E-state index in [1.807, 2.05) is 0 Å². The van der Waals surface area contributed by atoms with E-state index in [1.54, 1.807) is 0 Å². The molecule has 3 rings (SSSR count). The molecule has 0 bridgehead atoms. The lowest BCUT2D eigenvalue weighted by molar-refractivity contribution is -0.384. The van der Waals surface area contributed by atoms with Crippen LogP contribution in [0.4, 0.5) is 17.1 Å². The number of methoxy groups -OCH3 is 4. The van der Waals surface area contributed by atoms with E-state index in [9.17, 15) is 28.1 Å². The fourth-order valence-corrected chi connectivity index (χ4v) is 5.08. The lowest BCUT2D eigenvalue weighted by atomic mass is 10.2. The molecule has 0 aliphatic heterocycles. The molecule has 14 nitrogen and oxygen atoms in total. The summed E-state index contributed by atoms with van der Waals surface area (Å²) in [4.78, 5) is 35.7. The molecule has 1 atom stereocenters. The molecule has 0 aliphatic rings. The van der Waals surface area contributed by atoms with Crippen LogP contribution in [-0.4, -0.2) is 59.8 Å². The molecule has 0 heterocycles. The average molecular weight is 624 g/mol. The molecular formula is C26H26ClN3O11S. The summed E-state index contributed by atoms with van der Waals surface area (Å²) in [5.74, 6) is -1.46. The molecule has 0 aromatic heterocycles. The number of nitro benzene ring substituents is 1. The molecule has 3 aromatic rings. The molecule has 224 valence electrons. The van der Waals surface area contributed by atoms with E-state index in [1.165, 1.54) is 71.8 Å². The molecule has 0 saturated heterocycles. The number of halogens is 1. The number of non-ortho nitro benzene ring substituents is 1. The number of nitro groups is 1. The molecule has 0 fully saturated rings. The van der Waals surface area contributed by atoms with Crippen molar-refractivity contribution in [2.45, 2.75) is 17.9 Å². The molecule has 0 aliphatic carbocycles. The number of anilines is 2. The van der Waals surface area contributed by atoms with Crippen LogP contribution >= 0.6 is 11.6 Å². The maximum atomic E-state index is 13.4. The van der Waals surface area contributed by atoms with E-state index >= 15 is 0 Å². The lowest BCUT2D eigenvalue weighted by Gasteiger charge is -2.17. The van der Waals surface area contributed by atoms with Gasteiger partial charge in [-0.3, -0.25) is 19.6 Å². The number of amides is 1. The van der Waals surface area contributed by atoms with Crippen molar-refractivity contribution < 1.29 is 46.6 Å². The third-order valence-electron chi connectivity index (χ3n) is 5.71. The summed E-state index contributed by atoms with van der Waals surface area (Å²) < 4.78 is 54.9. The van der Waals surface area contributed by atoms with Gasteiger partial charge in [0, 0.05) is 18.2 Å². The summed E-state index contributed by atoms with van der Waals surface area (Å²) in [7, 11) is 0.863. The third kappa shape index (κ3) is 7.11. The Kier molecular flexibility index (Phi) is 10.0. The average Bonchev–Trinajstić information content (AvgIpc) is 2.96. The van der Waals surface area contributed by atoms with Gasteiger partial charge in [-0.1, -0.05) is 11.6 Å². The largest absolute Gasteiger partial charge is 0.495 e. The molecular weight excluding hydrogens is 598 g/mol. The Bertz CT molecular complexity index is 1630. The Morgan fingerprint density at radius 1 is 0.857 bits per heavy atom. The van der Waals surface area contributed by atoms with Gasteiger partial charge in [0.1, 0.15) is 27.9 Å². The van der Waals surface area contributed by atoms with Crippen LogP contribution in [-0.2, 0) is 19.6 Å². The number of hydrogen-bond donors (Lipinski definition) is 2. The summed E-state index contributed by atoms with van der Waals surface area (Å²) in [5.41, 5.74) is -0.549. The van der Waals surface area contributed by atoms with Crippen molar-refractivity contribution in [3.63, 3.8) is 0 Å². The van der Waals surface area contributed by atoms with E-state index in [2.05, 4.69) is 10.0 Å². The normalized spacial score (nSPS) is 11.6. The number of hydrogen-bond acceptors (Lipinski definition) is 11. The van der Waals surface area contributed by atoms with Gasteiger partial charge in [0.05, 0.1) is 55.3 Å². The first-order chi connectivity index (χ1) is 19.8. The fourth-order valence-electron chi connectivity index (χ4n) is 3.58. The first kappa shape index (κ1) is 31.8. The number of esters is 1. The SMILES string of the molecule is COc1cc(OC)c(NS(=O)(=O)c2cc(C(=O)O[C@H](C)C(=O)Nc3cc([N+](=O)[O-])ccc3OC)ccc2OC)cc1Cl. The van der Waals surface area contributed by atoms with E-state index in [-0.39, 0.29) is 50.6 Å². The second-order valence-electron chi connectivity index (χ2n) is 8.34. The van der Waals surface area contributed by atoms with Crippen molar-refractivity contribution in [2.24, 2.45) is 0 Å². The smallest absolute Gasteiger partial charge is 0.338 e. The Hall–Kier alpha value is -4.76. The van der Waals surface area contributed by atoms with Crippen molar-refractivity contribution in [2.75, 3.05) is 38.5 Å². The van der Waals surface area contributed by atoms with Crippen molar-refractivity contribution in [3.05, 3.63) is 69.2 Å². The Morgan fingerprint density at radius 2 is 1.48 bits per heavy atom. The number of rotatable bonds is 12. The number of carbonyl (C=O) groups excluding carboxylic acids is 2. The Labute approximate surface area is 245 Å². The maximum absolute atomic E-state index is 13.4. The van der Waals surface area contributed by atoms with Gasteiger partial charge in [-0.25, -0.2) is 13.2 Å². The molecule has 3 aromatic carbocycles. The maximum Gasteiger partial charge on any atom is 0.338 e. The monoisotopic (exact) mass is 623 g/mol. The number of ether oxygens (including phenoxy) is 5. The first-order valence-corrected chi connectivity index (χ1v) is 13.7. The number of benzene rings is 3. The van der Waals surface area contributed by atoms with Gasteiger partial charge in [-0.15, -0.1) is 0 Å². The summed E-state index contributed by atoms with van der Waals surface area (Å²) in [6, 6.07) is 9.76. The number of sulfonamides is 1. The highest BCUT2D eigenvalue weighted by Crippen LogP contribution is 2.38. The highest BCUT2D eigenvalue weighted by Gasteiger charge is 2.26. The van der Waals surface area contributed by atoms with Crippen LogP contribution in [0.25, 0.3) is 0 Å². The highest BCUT2D eigenvalue weighted by atomic mass is 35.5. The minimum atomic E-state index is -4.40. The summed E-state index contributed by atoms with van der Waals surface area (Å²) in [6.45, 7) is 1.26. The number of nitrogens with zero attached hydrogens (tertiary/aromatic N) is 1. The summed E-state index contributed by atoms with van der Waals surface area (Å²) in [6.07, 6.45) is -1.40. The van der Waals surface area contributed by atoms with Gasteiger partial charge in [0.2, 0.25) is 0 Å². The standard InChI is InChI=1S/C26H26ClN3O11S/c1-14(25(31)28-18-11-16(30(33)34)7-9-20(18)37-2)41-26(32)15-6-8-21(38-3)24(10-15)42(35,36)29-19-12-17(27)22(39-4)13-23(19)40-5/h6-14,29H,1-5H3,(H,28,31)/t14-/m1/s1. The van der Waals surface area contributed by atoms with Crippen molar-refractivity contribution in [1.82, 2.24) is 0 Å². The van der Waals surface area contributed by atoms with Crippen LogP contribution in [0.2, 0.25) is 5.02 Å². The van der Waals surface area contributed by atoms with Gasteiger partial charge >= 0.3 is 5.97 Å². The van der Waals surface area contributed by atoms with Gasteiger partial charge < -0.3 is 29.0 Å². The molecule has 0 saturated carbocycles. The van der Waals surface area contributed by atoms with Crippen LogP contribution in [0.3, 0.4) is 0 Å².